The predicted octanol–water partition coefficient (Wildman–Crippen LogP) is 0.836. The van der Waals surface area contributed by atoms with Gasteiger partial charge < -0.3 is 10.0 Å². The Kier molecular flexibility index (Phi) is 3.96. The van der Waals surface area contributed by atoms with Crippen molar-refractivity contribution in [1.29, 1.82) is 0 Å². The lowest BCUT2D eigenvalue weighted by Crippen LogP contribution is -2.35. The Morgan fingerprint density at radius 1 is 1.24 bits per heavy atom. The van der Waals surface area contributed by atoms with Gasteiger partial charge in [-0.1, -0.05) is 0 Å². The monoisotopic (exact) mass is 286 g/mol. The van der Waals surface area contributed by atoms with Crippen LogP contribution in [-0.4, -0.2) is 39.3 Å². The number of piperidine rings is 1. The number of nitrogens with zero attached hydrogens (tertiary/aromatic N) is 4. The maximum atomic E-state index is 11.7. The molecule has 0 unspecified atom stereocenters. The second kappa shape index (κ2) is 6.05. The van der Waals surface area contributed by atoms with Crippen molar-refractivity contribution in [2.75, 3.05) is 24.6 Å². The third-order valence-corrected chi connectivity index (χ3v) is 3.92. The smallest absolute Gasteiger partial charge is 0.352 e. The molecule has 1 saturated heterocycles. The summed E-state index contributed by atoms with van der Waals surface area (Å²) < 4.78 is 1.47. The first-order valence-electron chi connectivity index (χ1n) is 7.14. The van der Waals surface area contributed by atoms with Gasteiger partial charge in [-0.05, 0) is 37.0 Å². The molecular weight excluding hydrogens is 268 g/mol. The molecule has 2 aromatic rings. The fraction of sp³-hybridized carbons (Fsp3) is 0.400. The van der Waals surface area contributed by atoms with Gasteiger partial charge >= 0.3 is 5.69 Å². The highest BCUT2D eigenvalue weighted by Crippen LogP contribution is 2.21. The minimum Gasteiger partial charge on any atom is -0.396 e. The predicted molar refractivity (Wildman–Crippen MR) is 79.7 cm³/mol. The van der Waals surface area contributed by atoms with E-state index in [1.165, 1.54) is 10.8 Å². The van der Waals surface area contributed by atoms with Crippen molar-refractivity contribution in [3.8, 4) is 5.69 Å². The first-order chi connectivity index (χ1) is 10.3. The topological polar surface area (TPSA) is 71.2 Å². The molecule has 0 radical (unpaired) electrons. The molecule has 2 aromatic heterocycles. The van der Waals surface area contributed by atoms with Crippen LogP contribution in [0.15, 0.2) is 41.6 Å². The Hall–Kier alpha value is -2.21. The van der Waals surface area contributed by atoms with Crippen LogP contribution in [0.5, 0.6) is 0 Å². The molecule has 0 bridgehead atoms. The van der Waals surface area contributed by atoms with E-state index in [4.69, 9.17) is 5.11 Å². The van der Waals surface area contributed by atoms with Crippen molar-refractivity contribution in [3.05, 3.63) is 47.3 Å². The largest absolute Gasteiger partial charge is 0.396 e. The second-order valence-corrected chi connectivity index (χ2v) is 5.26. The highest BCUT2D eigenvalue weighted by Gasteiger charge is 2.19. The molecule has 0 atom stereocenters. The summed E-state index contributed by atoms with van der Waals surface area (Å²) in [5.74, 6) is 1.32. The molecule has 0 amide bonds. The van der Waals surface area contributed by atoms with E-state index in [0.717, 1.165) is 31.7 Å². The third-order valence-electron chi connectivity index (χ3n) is 3.92. The molecule has 3 rings (SSSR count). The van der Waals surface area contributed by atoms with Crippen molar-refractivity contribution < 1.29 is 5.11 Å². The number of hydrogen-bond donors (Lipinski definition) is 1. The highest BCUT2D eigenvalue weighted by atomic mass is 16.3. The zero-order chi connectivity index (χ0) is 14.7. The van der Waals surface area contributed by atoms with E-state index < -0.39 is 0 Å². The van der Waals surface area contributed by atoms with Gasteiger partial charge in [-0.25, -0.2) is 14.8 Å². The van der Waals surface area contributed by atoms with Crippen molar-refractivity contribution in [2.24, 2.45) is 5.92 Å². The Balaban J connectivity index is 1.76. The number of anilines is 1. The van der Waals surface area contributed by atoms with Crippen molar-refractivity contribution in [1.82, 2.24) is 14.5 Å². The molecule has 110 valence electrons. The van der Waals surface area contributed by atoms with Crippen LogP contribution in [0.2, 0.25) is 0 Å². The van der Waals surface area contributed by atoms with E-state index in [0.29, 0.717) is 11.6 Å². The van der Waals surface area contributed by atoms with Crippen LogP contribution in [0.1, 0.15) is 12.8 Å². The summed E-state index contributed by atoms with van der Waals surface area (Å²) >= 11 is 0. The lowest BCUT2D eigenvalue weighted by molar-refractivity contribution is 0.203. The summed E-state index contributed by atoms with van der Waals surface area (Å²) in [7, 11) is 0. The molecule has 1 aliphatic heterocycles. The number of hydrogen-bond acceptors (Lipinski definition) is 5. The standard InChI is InChI=1S/C15H18N4O2/c20-11-12-4-8-18(9-5-12)14-3-2-13(10-17-14)19-7-1-6-16-15(19)21/h1-3,6-7,10,12,20H,4-5,8-9,11H2. The Morgan fingerprint density at radius 2 is 2.05 bits per heavy atom. The van der Waals surface area contributed by atoms with Gasteiger partial charge in [0.2, 0.25) is 0 Å². The van der Waals surface area contributed by atoms with Crippen LogP contribution in [0.25, 0.3) is 5.69 Å². The third kappa shape index (κ3) is 2.95. The van der Waals surface area contributed by atoms with Crippen LogP contribution in [0, 0.1) is 5.92 Å². The van der Waals surface area contributed by atoms with Gasteiger partial charge in [0.1, 0.15) is 5.82 Å². The van der Waals surface area contributed by atoms with Crippen molar-refractivity contribution in [3.63, 3.8) is 0 Å². The first-order valence-corrected chi connectivity index (χ1v) is 7.14. The number of aromatic nitrogens is 3. The lowest BCUT2D eigenvalue weighted by Gasteiger charge is -2.32. The average molecular weight is 286 g/mol. The summed E-state index contributed by atoms with van der Waals surface area (Å²) in [5.41, 5.74) is 0.401. The highest BCUT2D eigenvalue weighted by molar-refractivity contribution is 5.43. The Labute approximate surface area is 122 Å². The lowest BCUT2D eigenvalue weighted by atomic mass is 9.98. The molecule has 0 saturated carbocycles. The van der Waals surface area contributed by atoms with Crippen LogP contribution in [-0.2, 0) is 0 Å². The summed E-state index contributed by atoms with van der Waals surface area (Å²) in [6.07, 6.45) is 6.82. The van der Waals surface area contributed by atoms with Gasteiger partial charge in [0.15, 0.2) is 0 Å². The molecule has 1 N–H and O–H groups in total. The van der Waals surface area contributed by atoms with E-state index in [1.54, 1.807) is 18.5 Å². The molecule has 3 heterocycles. The van der Waals surface area contributed by atoms with Crippen LogP contribution < -0.4 is 10.6 Å². The quantitative estimate of drug-likeness (QED) is 0.905. The SMILES string of the molecule is O=c1ncccn1-c1ccc(N2CCC(CO)CC2)nc1. The van der Waals surface area contributed by atoms with E-state index in [1.807, 2.05) is 12.1 Å². The van der Waals surface area contributed by atoms with Gasteiger partial charge in [-0.2, -0.15) is 0 Å². The summed E-state index contributed by atoms with van der Waals surface area (Å²) in [6.45, 7) is 2.08. The van der Waals surface area contributed by atoms with Gasteiger partial charge in [0, 0.05) is 32.1 Å². The van der Waals surface area contributed by atoms with Gasteiger partial charge in [0.25, 0.3) is 0 Å². The Bertz CT molecular complexity index is 645. The first kappa shape index (κ1) is 13.8. The van der Waals surface area contributed by atoms with Crippen LogP contribution in [0.3, 0.4) is 0 Å². The van der Waals surface area contributed by atoms with Crippen LogP contribution in [0.4, 0.5) is 5.82 Å². The summed E-state index contributed by atoms with van der Waals surface area (Å²) in [6, 6.07) is 5.52. The molecule has 6 heteroatoms. The van der Waals surface area contributed by atoms with Crippen molar-refractivity contribution in [2.45, 2.75) is 12.8 Å². The maximum Gasteiger partial charge on any atom is 0.352 e. The van der Waals surface area contributed by atoms with Gasteiger partial charge in [-0.15, -0.1) is 0 Å². The molecule has 0 spiro atoms. The Morgan fingerprint density at radius 3 is 2.67 bits per heavy atom. The summed E-state index contributed by atoms with van der Waals surface area (Å²) in [4.78, 5) is 22.1. The minimum absolute atomic E-state index is 0.268. The molecule has 1 fully saturated rings. The fourth-order valence-corrected chi connectivity index (χ4v) is 2.61. The zero-order valence-electron chi connectivity index (χ0n) is 11.7. The summed E-state index contributed by atoms with van der Waals surface area (Å²) in [5, 5.41) is 9.16. The van der Waals surface area contributed by atoms with E-state index >= 15 is 0 Å². The number of pyridine rings is 1. The van der Waals surface area contributed by atoms with Crippen LogP contribution >= 0.6 is 0 Å². The maximum absolute atomic E-state index is 11.7. The second-order valence-electron chi connectivity index (χ2n) is 5.26. The van der Waals surface area contributed by atoms with Gasteiger partial charge in [-0.3, -0.25) is 4.57 Å². The van der Waals surface area contributed by atoms with E-state index in [9.17, 15) is 4.79 Å². The zero-order valence-corrected chi connectivity index (χ0v) is 11.7. The average Bonchev–Trinajstić information content (AvgIpc) is 2.56. The minimum atomic E-state index is -0.309. The molecule has 0 aliphatic carbocycles. The molecule has 1 aliphatic rings. The van der Waals surface area contributed by atoms with Gasteiger partial charge in [0.05, 0.1) is 11.9 Å². The fourth-order valence-electron chi connectivity index (χ4n) is 2.61. The molecular formula is C15H18N4O2. The van der Waals surface area contributed by atoms with E-state index in [-0.39, 0.29) is 12.3 Å². The molecule has 6 nitrogen and oxygen atoms in total. The number of rotatable bonds is 3. The molecule has 21 heavy (non-hydrogen) atoms. The number of aliphatic hydroxyl groups excluding tert-OH is 1. The number of aliphatic hydroxyl groups is 1. The normalized spacial score (nSPS) is 16.1. The van der Waals surface area contributed by atoms with E-state index in [2.05, 4.69) is 14.9 Å². The molecule has 0 aromatic carbocycles. The van der Waals surface area contributed by atoms with Crippen molar-refractivity contribution >= 4 is 5.82 Å².